The van der Waals surface area contributed by atoms with Gasteiger partial charge in [-0.2, -0.15) is 0 Å². The first-order chi connectivity index (χ1) is 13.1. The molecule has 4 nitrogen and oxygen atoms in total. The van der Waals surface area contributed by atoms with Crippen LogP contribution in [0.25, 0.3) is 6.08 Å². The number of ether oxygens (including phenoxy) is 1. The van der Waals surface area contributed by atoms with Crippen LogP contribution in [0.15, 0.2) is 42.0 Å². The van der Waals surface area contributed by atoms with Crippen LogP contribution in [0.3, 0.4) is 0 Å². The summed E-state index contributed by atoms with van der Waals surface area (Å²) >= 11 is 0. The second-order valence-corrected chi connectivity index (χ2v) is 7.46. The van der Waals surface area contributed by atoms with Crippen molar-refractivity contribution in [1.29, 1.82) is 0 Å². The zero-order valence-electron chi connectivity index (χ0n) is 15.6. The van der Waals surface area contributed by atoms with Crippen LogP contribution >= 0.6 is 0 Å². The van der Waals surface area contributed by atoms with Gasteiger partial charge in [-0.25, -0.2) is 0 Å². The number of rotatable bonds is 4. The molecule has 1 fully saturated rings. The quantitative estimate of drug-likeness (QED) is 0.753. The summed E-state index contributed by atoms with van der Waals surface area (Å²) in [5.74, 6) is 0.386. The molecule has 0 spiro atoms. The summed E-state index contributed by atoms with van der Waals surface area (Å²) in [6.45, 7) is 0. The number of fused-ring (bicyclic) bond motifs is 1. The van der Waals surface area contributed by atoms with E-state index in [9.17, 15) is 9.90 Å². The van der Waals surface area contributed by atoms with Crippen molar-refractivity contribution in [3.05, 3.63) is 58.7 Å². The third-order valence-corrected chi connectivity index (χ3v) is 5.55. The first-order valence-corrected chi connectivity index (χ1v) is 9.66. The molecule has 2 N–H and O–H groups in total. The third kappa shape index (κ3) is 3.70. The zero-order valence-corrected chi connectivity index (χ0v) is 15.6. The number of benzene rings is 2. The number of carbonyl (C=O) groups is 1. The Bertz CT molecular complexity index is 877. The van der Waals surface area contributed by atoms with Crippen molar-refractivity contribution in [2.24, 2.45) is 0 Å². The number of carbonyl (C=O) groups excluding carboxylic acids is 1. The van der Waals surface area contributed by atoms with E-state index in [4.69, 9.17) is 4.74 Å². The first kappa shape index (κ1) is 17.7. The highest BCUT2D eigenvalue weighted by Crippen LogP contribution is 2.36. The number of methoxy groups -OCH3 is 1. The van der Waals surface area contributed by atoms with E-state index in [1.165, 1.54) is 45.3 Å². The average Bonchev–Trinajstić information content (AvgIpc) is 2.98. The molecule has 2 aromatic carbocycles. The molecule has 0 aliphatic heterocycles. The smallest absolute Gasteiger partial charge is 0.189 e. The number of ketones is 1. The van der Waals surface area contributed by atoms with Crippen molar-refractivity contribution < 1.29 is 14.6 Å². The van der Waals surface area contributed by atoms with Crippen LogP contribution < -0.4 is 10.1 Å². The van der Waals surface area contributed by atoms with Crippen LogP contribution in [-0.4, -0.2) is 24.0 Å². The topological polar surface area (TPSA) is 58.6 Å². The van der Waals surface area contributed by atoms with E-state index in [0.717, 1.165) is 22.4 Å². The van der Waals surface area contributed by atoms with Crippen LogP contribution in [-0.2, 0) is 6.42 Å². The fourth-order valence-electron chi connectivity index (χ4n) is 4.07. The molecular weight excluding hydrogens is 338 g/mol. The normalized spacial score (nSPS) is 18.6. The molecule has 0 saturated heterocycles. The maximum atomic E-state index is 12.7. The SMILES string of the molecule is COc1cc2c(cc1O)C(=O)/C(=C/c1ccc(NC3CCCCC3)cc1)C2. The van der Waals surface area contributed by atoms with E-state index in [-0.39, 0.29) is 11.5 Å². The largest absolute Gasteiger partial charge is 0.504 e. The lowest BCUT2D eigenvalue weighted by molar-refractivity contribution is 0.104. The number of allylic oxidation sites excluding steroid dienone is 1. The summed E-state index contributed by atoms with van der Waals surface area (Å²) < 4.78 is 5.15. The molecule has 2 aromatic rings. The standard InChI is InChI=1S/C23H25NO3/c1-27-22-13-16-12-17(23(26)20(16)14-21(22)25)11-15-7-9-19(10-8-15)24-18-5-3-2-4-6-18/h7-11,13-14,18,24-25H,2-6,12H2,1H3/b17-11+. The molecule has 2 aliphatic carbocycles. The molecule has 0 atom stereocenters. The van der Waals surface area contributed by atoms with Gasteiger partial charge in [0.1, 0.15) is 0 Å². The molecule has 0 heterocycles. The van der Waals surface area contributed by atoms with Gasteiger partial charge in [-0.15, -0.1) is 0 Å². The van der Waals surface area contributed by atoms with Crippen molar-refractivity contribution in [2.75, 3.05) is 12.4 Å². The van der Waals surface area contributed by atoms with Gasteiger partial charge >= 0.3 is 0 Å². The average molecular weight is 363 g/mol. The van der Waals surface area contributed by atoms with Gasteiger partial charge < -0.3 is 15.2 Å². The molecule has 0 amide bonds. The molecule has 4 heteroatoms. The van der Waals surface area contributed by atoms with Crippen molar-refractivity contribution in [2.45, 2.75) is 44.6 Å². The fraction of sp³-hybridized carbons (Fsp3) is 0.348. The molecule has 0 bridgehead atoms. The Labute approximate surface area is 159 Å². The molecule has 2 aliphatic rings. The van der Waals surface area contributed by atoms with Gasteiger partial charge in [0.25, 0.3) is 0 Å². The number of aromatic hydroxyl groups is 1. The minimum atomic E-state index is -0.0210. The Morgan fingerprint density at radius 2 is 1.85 bits per heavy atom. The Morgan fingerprint density at radius 1 is 1.11 bits per heavy atom. The second kappa shape index (κ2) is 7.47. The van der Waals surface area contributed by atoms with Crippen LogP contribution in [0.2, 0.25) is 0 Å². The Morgan fingerprint density at radius 3 is 2.56 bits per heavy atom. The number of phenolic OH excluding ortho intramolecular Hbond substituents is 1. The van der Waals surface area contributed by atoms with Gasteiger partial charge in [-0.3, -0.25) is 4.79 Å². The number of hydrogen-bond acceptors (Lipinski definition) is 4. The summed E-state index contributed by atoms with van der Waals surface area (Å²) in [7, 11) is 1.51. The van der Waals surface area contributed by atoms with Crippen molar-refractivity contribution in [3.8, 4) is 11.5 Å². The Balaban J connectivity index is 1.49. The lowest BCUT2D eigenvalue weighted by Crippen LogP contribution is -2.22. The summed E-state index contributed by atoms with van der Waals surface area (Å²) in [4.78, 5) is 12.7. The number of phenols is 1. The fourth-order valence-corrected chi connectivity index (χ4v) is 4.07. The number of nitrogens with one attached hydrogen (secondary N) is 1. The van der Waals surface area contributed by atoms with Gasteiger partial charge in [-0.05, 0) is 54.3 Å². The lowest BCUT2D eigenvalue weighted by Gasteiger charge is -2.23. The van der Waals surface area contributed by atoms with Gasteiger partial charge in [0.15, 0.2) is 17.3 Å². The lowest BCUT2D eigenvalue weighted by atomic mass is 9.95. The molecule has 0 radical (unpaired) electrons. The monoisotopic (exact) mass is 363 g/mol. The van der Waals surface area contributed by atoms with Crippen molar-refractivity contribution >= 4 is 17.5 Å². The van der Waals surface area contributed by atoms with E-state index >= 15 is 0 Å². The summed E-state index contributed by atoms with van der Waals surface area (Å²) in [6, 6.07) is 12.1. The van der Waals surface area contributed by atoms with Crippen LogP contribution in [0.1, 0.15) is 53.6 Å². The predicted octanol–water partition coefficient (Wildman–Crippen LogP) is 4.97. The molecular formula is C23H25NO3. The molecule has 0 unspecified atom stereocenters. The Hall–Kier alpha value is -2.75. The predicted molar refractivity (Wildman–Crippen MR) is 108 cm³/mol. The van der Waals surface area contributed by atoms with Crippen LogP contribution in [0.4, 0.5) is 5.69 Å². The van der Waals surface area contributed by atoms with Gasteiger partial charge in [0.2, 0.25) is 0 Å². The summed E-state index contributed by atoms with van der Waals surface area (Å²) in [6.07, 6.45) is 8.97. The summed E-state index contributed by atoms with van der Waals surface area (Å²) in [5.41, 5.74) is 4.36. The summed E-state index contributed by atoms with van der Waals surface area (Å²) in [5, 5.41) is 13.5. The molecule has 27 heavy (non-hydrogen) atoms. The molecule has 0 aromatic heterocycles. The van der Waals surface area contributed by atoms with Crippen molar-refractivity contribution in [1.82, 2.24) is 0 Å². The Kier molecular flexibility index (Phi) is 4.88. The highest BCUT2D eigenvalue weighted by molar-refractivity contribution is 6.15. The maximum absolute atomic E-state index is 12.7. The highest BCUT2D eigenvalue weighted by atomic mass is 16.5. The van der Waals surface area contributed by atoms with E-state index < -0.39 is 0 Å². The third-order valence-electron chi connectivity index (χ3n) is 5.55. The maximum Gasteiger partial charge on any atom is 0.189 e. The highest BCUT2D eigenvalue weighted by Gasteiger charge is 2.26. The minimum Gasteiger partial charge on any atom is -0.504 e. The first-order valence-electron chi connectivity index (χ1n) is 9.66. The van der Waals surface area contributed by atoms with E-state index in [1.807, 2.05) is 18.2 Å². The molecule has 1 saturated carbocycles. The van der Waals surface area contributed by atoms with Gasteiger partial charge in [0, 0.05) is 29.3 Å². The number of Topliss-reactive ketones (excluding diaryl/α,β-unsaturated/α-hetero) is 1. The van der Waals surface area contributed by atoms with E-state index in [1.54, 1.807) is 6.07 Å². The van der Waals surface area contributed by atoms with Gasteiger partial charge in [0.05, 0.1) is 7.11 Å². The van der Waals surface area contributed by atoms with E-state index in [2.05, 4.69) is 17.4 Å². The molecule has 4 rings (SSSR count). The minimum absolute atomic E-state index is 0.00369. The van der Waals surface area contributed by atoms with Crippen molar-refractivity contribution in [3.63, 3.8) is 0 Å². The van der Waals surface area contributed by atoms with Gasteiger partial charge in [-0.1, -0.05) is 31.4 Å². The second-order valence-electron chi connectivity index (χ2n) is 7.46. The zero-order chi connectivity index (χ0) is 18.8. The number of anilines is 1. The molecule has 140 valence electrons. The van der Waals surface area contributed by atoms with Crippen LogP contribution in [0, 0.1) is 0 Å². The van der Waals surface area contributed by atoms with Crippen LogP contribution in [0.5, 0.6) is 11.5 Å². The van der Waals surface area contributed by atoms with E-state index in [0.29, 0.717) is 23.8 Å². The number of hydrogen-bond donors (Lipinski definition) is 2.